The lowest BCUT2D eigenvalue weighted by Crippen LogP contribution is -2.47. The summed E-state index contributed by atoms with van der Waals surface area (Å²) >= 11 is 0. The molecule has 1 aromatic rings. The van der Waals surface area contributed by atoms with Crippen LogP contribution in [0.15, 0.2) is 24.3 Å². The highest BCUT2D eigenvalue weighted by Gasteiger charge is 2.33. The molecule has 0 saturated carbocycles. The quantitative estimate of drug-likeness (QED) is 0.671. The Balaban J connectivity index is 1.83. The SMILES string of the molecule is CC1(C)COB(c2ccc(N)c(C3=CCCCC3)c2)OC1. The number of rotatable bonds is 2. The van der Waals surface area contributed by atoms with Crippen LogP contribution in [0.4, 0.5) is 5.69 Å². The third-order valence-electron chi connectivity index (χ3n) is 4.24. The maximum Gasteiger partial charge on any atom is 0.493 e. The van der Waals surface area contributed by atoms with Crippen LogP contribution in [-0.2, 0) is 9.31 Å². The molecule has 3 nitrogen and oxygen atoms in total. The predicted molar refractivity (Wildman–Crippen MR) is 88.4 cm³/mol. The van der Waals surface area contributed by atoms with Crippen molar-refractivity contribution >= 4 is 23.8 Å². The highest BCUT2D eigenvalue weighted by atomic mass is 16.6. The Bertz CT molecular complexity index is 544. The first-order valence-corrected chi connectivity index (χ1v) is 7.87. The monoisotopic (exact) mass is 285 g/mol. The largest absolute Gasteiger partial charge is 0.493 e. The number of anilines is 1. The molecule has 1 aliphatic carbocycles. The van der Waals surface area contributed by atoms with Crippen molar-refractivity contribution in [3.05, 3.63) is 29.8 Å². The fraction of sp³-hybridized carbons (Fsp3) is 0.529. The van der Waals surface area contributed by atoms with Crippen LogP contribution >= 0.6 is 0 Å². The second kappa shape index (κ2) is 5.86. The minimum Gasteiger partial charge on any atom is -0.407 e. The topological polar surface area (TPSA) is 44.5 Å². The Labute approximate surface area is 127 Å². The average molecular weight is 285 g/mol. The van der Waals surface area contributed by atoms with Crippen LogP contribution in [0.1, 0.15) is 45.1 Å². The summed E-state index contributed by atoms with van der Waals surface area (Å²) in [6, 6.07) is 6.15. The fourth-order valence-electron chi connectivity index (χ4n) is 2.97. The van der Waals surface area contributed by atoms with E-state index in [-0.39, 0.29) is 12.5 Å². The Morgan fingerprint density at radius 2 is 1.90 bits per heavy atom. The zero-order valence-electron chi connectivity index (χ0n) is 13.0. The summed E-state index contributed by atoms with van der Waals surface area (Å²) in [7, 11) is -0.262. The summed E-state index contributed by atoms with van der Waals surface area (Å²) in [5.41, 5.74) is 10.7. The van der Waals surface area contributed by atoms with E-state index in [1.165, 1.54) is 18.4 Å². The molecule has 21 heavy (non-hydrogen) atoms. The Hall–Kier alpha value is -1.26. The Kier molecular flexibility index (Phi) is 4.09. The lowest BCUT2D eigenvalue weighted by atomic mass is 9.74. The van der Waals surface area contributed by atoms with Gasteiger partial charge in [0.1, 0.15) is 0 Å². The first kappa shape index (κ1) is 14.7. The van der Waals surface area contributed by atoms with Gasteiger partial charge in [0.2, 0.25) is 0 Å². The minimum atomic E-state index is -0.262. The van der Waals surface area contributed by atoms with Crippen molar-refractivity contribution in [3.8, 4) is 0 Å². The van der Waals surface area contributed by atoms with E-state index < -0.39 is 0 Å². The Morgan fingerprint density at radius 1 is 1.14 bits per heavy atom. The molecule has 2 N–H and O–H groups in total. The van der Waals surface area contributed by atoms with E-state index in [4.69, 9.17) is 15.0 Å². The van der Waals surface area contributed by atoms with E-state index in [1.807, 2.05) is 12.1 Å². The average Bonchev–Trinajstić information content (AvgIpc) is 2.49. The zero-order valence-corrected chi connectivity index (χ0v) is 13.0. The molecule has 112 valence electrons. The molecule has 0 unspecified atom stereocenters. The second-order valence-corrected chi connectivity index (χ2v) is 6.94. The van der Waals surface area contributed by atoms with Crippen LogP contribution in [-0.4, -0.2) is 20.3 Å². The van der Waals surface area contributed by atoms with Gasteiger partial charge in [0.25, 0.3) is 0 Å². The van der Waals surface area contributed by atoms with Gasteiger partial charge in [-0.25, -0.2) is 0 Å². The molecule has 2 aliphatic rings. The van der Waals surface area contributed by atoms with Gasteiger partial charge in [-0.05, 0) is 48.3 Å². The molecule has 0 amide bonds. The molecular formula is C17H24BNO2. The van der Waals surface area contributed by atoms with E-state index in [0.717, 1.165) is 42.8 Å². The molecule has 1 saturated heterocycles. The molecule has 0 radical (unpaired) electrons. The number of allylic oxidation sites excluding steroid dienone is 2. The lowest BCUT2D eigenvalue weighted by molar-refractivity contribution is 0.0343. The van der Waals surface area contributed by atoms with Gasteiger partial charge in [-0.2, -0.15) is 0 Å². The molecule has 1 fully saturated rings. The molecule has 3 rings (SSSR count). The van der Waals surface area contributed by atoms with Crippen molar-refractivity contribution in [3.63, 3.8) is 0 Å². The third-order valence-corrected chi connectivity index (χ3v) is 4.24. The van der Waals surface area contributed by atoms with Gasteiger partial charge in [-0.1, -0.05) is 32.1 Å². The van der Waals surface area contributed by atoms with Crippen molar-refractivity contribution in [2.24, 2.45) is 5.41 Å². The molecule has 0 spiro atoms. The summed E-state index contributed by atoms with van der Waals surface area (Å²) in [6.07, 6.45) is 7.13. The van der Waals surface area contributed by atoms with Gasteiger partial charge in [0.15, 0.2) is 0 Å². The number of hydrogen-bond donors (Lipinski definition) is 1. The molecule has 0 atom stereocenters. The summed E-state index contributed by atoms with van der Waals surface area (Å²) < 4.78 is 11.8. The number of hydrogen-bond acceptors (Lipinski definition) is 3. The van der Waals surface area contributed by atoms with Crippen molar-refractivity contribution in [2.45, 2.75) is 39.5 Å². The molecule has 1 aromatic carbocycles. The van der Waals surface area contributed by atoms with Crippen molar-refractivity contribution < 1.29 is 9.31 Å². The first-order valence-electron chi connectivity index (χ1n) is 7.87. The summed E-state index contributed by atoms with van der Waals surface area (Å²) in [5, 5.41) is 0. The molecule has 1 aliphatic heterocycles. The molecule has 4 heteroatoms. The standard InChI is InChI=1S/C17H24BNO2/c1-17(2)11-20-18(21-12-17)14-8-9-16(19)15(10-14)13-6-4-3-5-7-13/h6,8-10H,3-5,7,11-12,19H2,1-2H3. The van der Waals surface area contributed by atoms with Crippen LogP contribution in [0.2, 0.25) is 0 Å². The van der Waals surface area contributed by atoms with Gasteiger partial charge < -0.3 is 15.0 Å². The zero-order chi connectivity index (χ0) is 14.9. The molecular weight excluding hydrogens is 261 g/mol. The second-order valence-electron chi connectivity index (χ2n) is 6.94. The highest BCUT2D eigenvalue weighted by Crippen LogP contribution is 2.30. The first-order chi connectivity index (χ1) is 10.1. The number of nitrogen functional groups attached to an aromatic ring is 1. The van der Waals surface area contributed by atoms with Crippen molar-refractivity contribution in [1.29, 1.82) is 0 Å². The van der Waals surface area contributed by atoms with Crippen LogP contribution in [0.25, 0.3) is 5.57 Å². The highest BCUT2D eigenvalue weighted by molar-refractivity contribution is 6.61. The fourth-order valence-corrected chi connectivity index (χ4v) is 2.97. The lowest BCUT2D eigenvalue weighted by Gasteiger charge is -2.33. The summed E-state index contributed by atoms with van der Waals surface area (Å²) in [5.74, 6) is 0. The smallest absolute Gasteiger partial charge is 0.407 e. The Morgan fingerprint density at radius 3 is 2.57 bits per heavy atom. The molecule has 0 aromatic heterocycles. The van der Waals surface area contributed by atoms with Crippen molar-refractivity contribution in [2.75, 3.05) is 18.9 Å². The van der Waals surface area contributed by atoms with E-state index in [1.54, 1.807) is 0 Å². The van der Waals surface area contributed by atoms with Gasteiger partial charge >= 0.3 is 7.12 Å². The van der Waals surface area contributed by atoms with Gasteiger partial charge in [0, 0.05) is 24.3 Å². The molecule has 0 bridgehead atoms. The third kappa shape index (κ3) is 3.33. The van der Waals surface area contributed by atoms with Crippen molar-refractivity contribution in [1.82, 2.24) is 0 Å². The van der Waals surface area contributed by atoms with Crippen LogP contribution < -0.4 is 11.2 Å². The van der Waals surface area contributed by atoms with Crippen LogP contribution in [0.5, 0.6) is 0 Å². The normalized spacial score (nSPS) is 22.0. The summed E-state index contributed by atoms with van der Waals surface area (Å²) in [6.45, 7) is 5.76. The van der Waals surface area contributed by atoms with E-state index in [0.29, 0.717) is 0 Å². The number of benzene rings is 1. The van der Waals surface area contributed by atoms with Gasteiger partial charge in [-0.15, -0.1) is 0 Å². The summed E-state index contributed by atoms with van der Waals surface area (Å²) in [4.78, 5) is 0. The van der Waals surface area contributed by atoms with Gasteiger partial charge in [0.05, 0.1) is 0 Å². The molecule has 1 heterocycles. The minimum absolute atomic E-state index is 0.0963. The van der Waals surface area contributed by atoms with Crippen LogP contribution in [0, 0.1) is 5.41 Å². The maximum absolute atomic E-state index is 6.17. The van der Waals surface area contributed by atoms with E-state index in [2.05, 4.69) is 26.0 Å². The maximum atomic E-state index is 6.17. The van der Waals surface area contributed by atoms with E-state index in [9.17, 15) is 0 Å². The van der Waals surface area contributed by atoms with Gasteiger partial charge in [-0.3, -0.25) is 0 Å². The number of nitrogens with two attached hydrogens (primary N) is 1. The van der Waals surface area contributed by atoms with E-state index >= 15 is 0 Å². The van der Waals surface area contributed by atoms with Crippen LogP contribution in [0.3, 0.4) is 0 Å². The predicted octanol–water partition coefficient (Wildman–Crippen LogP) is 2.99.